The zero-order valence-electron chi connectivity index (χ0n) is 17.3. The van der Waals surface area contributed by atoms with Gasteiger partial charge < -0.3 is 14.8 Å². The Balaban J connectivity index is 2.58. The summed E-state index contributed by atoms with van der Waals surface area (Å²) in [7, 11) is 1.36. The second-order valence-electron chi connectivity index (χ2n) is 6.74. The Morgan fingerprint density at radius 3 is 2.26 bits per heavy atom. The van der Waals surface area contributed by atoms with Crippen LogP contribution in [0.2, 0.25) is 0 Å². The number of methoxy groups -OCH3 is 1. The van der Waals surface area contributed by atoms with Crippen LogP contribution in [0.25, 0.3) is 0 Å². The minimum absolute atomic E-state index is 0.229. The predicted octanol–water partition coefficient (Wildman–Crippen LogP) is 4.89. The number of hydrogen-bond acceptors (Lipinski definition) is 6. The molecule has 0 spiro atoms. The molecule has 0 aliphatic rings. The van der Waals surface area contributed by atoms with Crippen molar-refractivity contribution in [2.24, 2.45) is 0 Å². The summed E-state index contributed by atoms with van der Waals surface area (Å²) < 4.78 is 11.1. The first kappa shape index (κ1) is 20.7. The van der Waals surface area contributed by atoms with E-state index >= 15 is 0 Å². The third-order valence-corrected chi connectivity index (χ3v) is 4.50. The van der Waals surface area contributed by atoms with Gasteiger partial charge in [0.25, 0.3) is 0 Å². The first-order valence-corrected chi connectivity index (χ1v) is 9.29. The van der Waals surface area contributed by atoms with E-state index in [-0.39, 0.29) is 11.9 Å². The number of rotatable bonds is 7. The highest BCUT2D eigenvalue weighted by molar-refractivity contribution is 5.98. The molecular formula is C21H29N3O3. The van der Waals surface area contributed by atoms with Gasteiger partial charge in [-0.05, 0) is 58.2 Å². The number of nitrogens with zero attached hydrogens (tertiary/aromatic N) is 2. The number of hydrogen-bond donors (Lipinski definition) is 1. The summed E-state index contributed by atoms with van der Waals surface area (Å²) in [5, 5.41) is 3.43. The number of nitrogens with one attached hydrogen (secondary N) is 1. The highest BCUT2D eigenvalue weighted by atomic mass is 16.5. The zero-order valence-corrected chi connectivity index (χ0v) is 17.3. The van der Waals surface area contributed by atoms with Crippen LogP contribution in [0.15, 0.2) is 12.1 Å². The van der Waals surface area contributed by atoms with Gasteiger partial charge in [0.2, 0.25) is 5.88 Å². The highest BCUT2D eigenvalue weighted by Gasteiger charge is 2.24. The Kier molecular flexibility index (Phi) is 6.77. The van der Waals surface area contributed by atoms with Crippen LogP contribution >= 0.6 is 0 Å². The average molecular weight is 371 g/mol. The second kappa shape index (κ2) is 8.84. The van der Waals surface area contributed by atoms with Gasteiger partial charge in [-0.25, -0.2) is 9.78 Å². The molecule has 0 radical (unpaired) electrons. The normalized spacial score (nSPS) is 10.8. The summed E-state index contributed by atoms with van der Waals surface area (Å²) in [6, 6.07) is 4.04. The Hall–Kier alpha value is -2.63. The number of anilines is 1. The van der Waals surface area contributed by atoms with Crippen LogP contribution in [-0.4, -0.2) is 29.1 Å². The molecule has 6 nitrogen and oxygen atoms in total. The van der Waals surface area contributed by atoms with E-state index < -0.39 is 5.97 Å². The van der Waals surface area contributed by atoms with Gasteiger partial charge in [-0.2, -0.15) is 0 Å². The summed E-state index contributed by atoms with van der Waals surface area (Å²) in [6.45, 7) is 11.9. The molecule has 0 bridgehead atoms. The quantitative estimate of drug-likeness (QED) is 0.699. The second-order valence-corrected chi connectivity index (χ2v) is 6.74. The molecule has 0 aromatic carbocycles. The smallest absolute Gasteiger partial charge is 0.345 e. The van der Waals surface area contributed by atoms with Crippen LogP contribution in [0.1, 0.15) is 59.7 Å². The molecule has 146 valence electrons. The third-order valence-electron chi connectivity index (χ3n) is 4.50. The molecule has 0 aliphatic carbocycles. The summed E-state index contributed by atoms with van der Waals surface area (Å²) in [6.07, 6.45) is 1.88. The predicted molar refractivity (Wildman–Crippen MR) is 107 cm³/mol. The summed E-state index contributed by atoms with van der Waals surface area (Å²) in [4.78, 5) is 21.5. The number of esters is 1. The van der Waals surface area contributed by atoms with Gasteiger partial charge in [0, 0.05) is 17.4 Å². The Morgan fingerprint density at radius 1 is 1.07 bits per heavy atom. The van der Waals surface area contributed by atoms with Crippen molar-refractivity contribution in [1.29, 1.82) is 0 Å². The standard InChI is InChI=1S/C21H29N3O3/c1-8-16(9-2)24-17-11-14(5)23-20(18(17)21(25)26-7)27-19-12(3)10-13(4)22-15(19)6/h10-11,16H,8-9H2,1-7H3,(H,23,24). The van der Waals surface area contributed by atoms with E-state index in [0.29, 0.717) is 17.0 Å². The van der Waals surface area contributed by atoms with Crippen molar-refractivity contribution in [3.8, 4) is 11.6 Å². The van der Waals surface area contributed by atoms with E-state index in [2.05, 4.69) is 29.1 Å². The first-order chi connectivity index (χ1) is 12.8. The molecule has 0 aliphatic heterocycles. The largest absolute Gasteiger partial charge is 0.465 e. The monoisotopic (exact) mass is 371 g/mol. The number of aromatic nitrogens is 2. The van der Waals surface area contributed by atoms with E-state index in [1.807, 2.05) is 39.8 Å². The average Bonchev–Trinajstić information content (AvgIpc) is 2.61. The maximum Gasteiger partial charge on any atom is 0.345 e. The fraction of sp³-hybridized carbons (Fsp3) is 0.476. The Labute approximate surface area is 161 Å². The van der Waals surface area contributed by atoms with Gasteiger partial charge >= 0.3 is 5.97 Å². The van der Waals surface area contributed by atoms with E-state index in [9.17, 15) is 4.79 Å². The van der Waals surface area contributed by atoms with Gasteiger partial charge in [-0.15, -0.1) is 0 Å². The van der Waals surface area contributed by atoms with Crippen molar-refractivity contribution in [2.45, 2.75) is 60.4 Å². The van der Waals surface area contributed by atoms with E-state index in [0.717, 1.165) is 35.5 Å². The third kappa shape index (κ3) is 4.76. The SMILES string of the molecule is CCC(CC)Nc1cc(C)nc(Oc2c(C)cc(C)nc2C)c1C(=O)OC. The lowest BCUT2D eigenvalue weighted by Crippen LogP contribution is -2.20. The topological polar surface area (TPSA) is 73.3 Å². The highest BCUT2D eigenvalue weighted by Crippen LogP contribution is 2.34. The molecule has 0 fully saturated rings. The van der Waals surface area contributed by atoms with Crippen LogP contribution in [-0.2, 0) is 4.74 Å². The molecule has 2 aromatic rings. The number of carbonyl (C=O) groups is 1. The van der Waals surface area contributed by atoms with Gasteiger partial charge in [0.15, 0.2) is 5.75 Å². The summed E-state index contributed by atoms with van der Waals surface area (Å²) in [5.74, 6) is 0.353. The van der Waals surface area contributed by atoms with Crippen molar-refractivity contribution >= 4 is 11.7 Å². The number of pyridine rings is 2. The van der Waals surface area contributed by atoms with E-state index in [1.165, 1.54) is 7.11 Å². The molecule has 0 saturated carbocycles. The lowest BCUT2D eigenvalue weighted by atomic mass is 10.1. The van der Waals surface area contributed by atoms with Crippen LogP contribution in [0.5, 0.6) is 11.6 Å². The number of carbonyl (C=O) groups excluding carboxylic acids is 1. The van der Waals surface area contributed by atoms with Gasteiger partial charge in [0.1, 0.15) is 5.56 Å². The Bertz CT molecular complexity index is 807. The Morgan fingerprint density at radius 2 is 1.70 bits per heavy atom. The number of aryl methyl sites for hydroxylation is 4. The molecule has 2 heterocycles. The lowest BCUT2D eigenvalue weighted by molar-refractivity contribution is 0.0598. The molecular weight excluding hydrogens is 342 g/mol. The van der Waals surface area contributed by atoms with Crippen molar-refractivity contribution in [1.82, 2.24) is 9.97 Å². The molecule has 0 amide bonds. The van der Waals surface area contributed by atoms with Crippen molar-refractivity contribution in [3.63, 3.8) is 0 Å². The van der Waals surface area contributed by atoms with E-state index in [1.54, 1.807) is 0 Å². The van der Waals surface area contributed by atoms with Crippen LogP contribution in [0.3, 0.4) is 0 Å². The number of ether oxygens (including phenoxy) is 2. The van der Waals surface area contributed by atoms with Gasteiger partial charge in [-0.3, -0.25) is 4.98 Å². The van der Waals surface area contributed by atoms with Crippen LogP contribution in [0, 0.1) is 27.7 Å². The maximum absolute atomic E-state index is 12.5. The molecule has 1 N–H and O–H groups in total. The molecule has 2 aromatic heterocycles. The first-order valence-electron chi connectivity index (χ1n) is 9.29. The zero-order chi connectivity index (χ0) is 20.1. The fourth-order valence-corrected chi connectivity index (χ4v) is 3.11. The summed E-state index contributed by atoms with van der Waals surface area (Å²) >= 11 is 0. The molecule has 6 heteroatoms. The molecule has 0 atom stereocenters. The van der Waals surface area contributed by atoms with Gasteiger partial charge in [0.05, 0.1) is 18.5 Å². The fourth-order valence-electron chi connectivity index (χ4n) is 3.11. The van der Waals surface area contributed by atoms with Crippen molar-refractivity contribution in [2.75, 3.05) is 12.4 Å². The van der Waals surface area contributed by atoms with Crippen LogP contribution < -0.4 is 10.1 Å². The minimum atomic E-state index is -0.485. The molecule has 27 heavy (non-hydrogen) atoms. The molecule has 2 rings (SSSR count). The molecule has 0 saturated heterocycles. The van der Waals surface area contributed by atoms with Gasteiger partial charge in [-0.1, -0.05) is 13.8 Å². The van der Waals surface area contributed by atoms with Crippen molar-refractivity contribution in [3.05, 3.63) is 40.3 Å². The maximum atomic E-state index is 12.5. The minimum Gasteiger partial charge on any atom is -0.465 e. The molecule has 0 unspecified atom stereocenters. The van der Waals surface area contributed by atoms with Crippen LogP contribution in [0.4, 0.5) is 5.69 Å². The summed E-state index contributed by atoms with van der Waals surface area (Å²) in [5.41, 5.74) is 4.33. The van der Waals surface area contributed by atoms with E-state index in [4.69, 9.17) is 9.47 Å². The van der Waals surface area contributed by atoms with Crippen molar-refractivity contribution < 1.29 is 14.3 Å². The lowest BCUT2D eigenvalue weighted by Gasteiger charge is -2.21.